The molecule has 1 fully saturated rings. The zero-order valence-corrected chi connectivity index (χ0v) is 16.0. The van der Waals surface area contributed by atoms with E-state index in [1.807, 2.05) is 0 Å². The van der Waals surface area contributed by atoms with Gasteiger partial charge in [0, 0.05) is 41.2 Å². The van der Waals surface area contributed by atoms with Crippen molar-refractivity contribution in [3.63, 3.8) is 0 Å². The van der Waals surface area contributed by atoms with Crippen LogP contribution in [0.2, 0.25) is 0 Å². The highest BCUT2D eigenvalue weighted by Gasteiger charge is 2.31. The van der Waals surface area contributed by atoms with Crippen molar-refractivity contribution in [2.45, 2.75) is 38.0 Å². The predicted molar refractivity (Wildman–Crippen MR) is 106 cm³/mol. The van der Waals surface area contributed by atoms with Gasteiger partial charge >= 0.3 is 6.18 Å². The van der Waals surface area contributed by atoms with E-state index in [0.29, 0.717) is 29.2 Å². The Morgan fingerprint density at radius 1 is 1.07 bits per heavy atom. The monoisotopic (exact) mass is 418 g/mol. The van der Waals surface area contributed by atoms with Crippen molar-refractivity contribution in [3.05, 3.63) is 42.2 Å². The maximum Gasteiger partial charge on any atom is 0.416 e. The van der Waals surface area contributed by atoms with Crippen LogP contribution in [0.4, 0.5) is 19.0 Å². The molecule has 1 aliphatic carbocycles. The summed E-state index contributed by atoms with van der Waals surface area (Å²) in [6, 6.07) is 4.45. The molecule has 2 heterocycles. The molecule has 0 amide bonds. The van der Waals surface area contributed by atoms with Gasteiger partial charge in [-0.05, 0) is 37.1 Å². The highest BCUT2D eigenvalue weighted by atomic mass is 19.4. The molecule has 6 nitrogen and oxygen atoms in total. The van der Waals surface area contributed by atoms with Crippen molar-refractivity contribution in [2.75, 3.05) is 11.9 Å². The summed E-state index contributed by atoms with van der Waals surface area (Å²) in [5.74, 6) is 0.0696. The minimum atomic E-state index is -4.55. The van der Waals surface area contributed by atoms with Gasteiger partial charge in [0.05, 0.1) is 11.7 Å². The van der Waals surface area contributed by atoms with Crippen LogP contribution in [0.15, 0.2) is 36.7 Å². The van der Waals surface area contributed by atoms with Crippen LogP contribution in [0.25, 0.3) is 22.0 Å². The number of hydrogen-bond acceptors (Lipinski definition) is 6. The molecule has 0 spiro atoms. The van der Waals surface area contributed by atoms with E-state index in [-0.39, 0.29) is 23.3 Å². The van der Waals surface area contributed by atoms with Gasteiger partial charge < -0.3 is 15.5 Å². The number of fused-ring (bicyclic) bond motifs is 1. The maximum absolute atomic E-state index is 12.9. The number of phenols is 1. The quantitative estimate of drug-likeness (QED) is 0.583. The van der Waals surface area contributed by atoms with Crippen LogP contribution < -0.4 is 5.32 Å². The molecule has 0 radical (unpaired) electrons. The Kier molecular flexibility index (Phi) is 5.46. The molecule has 0 bridgehead atoms. The van der Waals surface area contributed by atoms with E-state index in [1.54, 1.807) is 18.5 Å². The Balaban J connectivity index is 1.68. The van der Waals surface area contributed by atoms with Gasteiger partial charge in [0.15, 0.2) is 5.82 Å². The van der Waals surface area contributed by atoms with Gasteiger partial charge in [0.25, 0.3) is 0 Å². The molecule has 0 aliphatic heterocycles. The van der Waals surface area contributed by atoms with Crippen molar-refractivity contribution in [2.24, 2.45) is 5.92 Å². The van der Waals surface area contributed by atoms with E-state index in [4.69, 9.17) is 0 Å². The van der Waals surface area contributed by atoms with Crippen molar-refractivity contribution in [3.8, 4) is 17.0 Å². The molecule has 1 aliphatic rings. The SMILES string of the molecule is Oc1cc(C(F)(F)F)ccc1-c1nnc(NC[C@@H]2CCCC[C@H]2O)c2cnccc12. The number of phenolic OH excluding ortho intramolecular Hbond substituents is 1. The number of aliphatic hydroxyl groups excluding tert-OH is 1. The second kappa shape index (κ2) is 8.06. The Morgan fingerprint density at radius 2 is 1.87 bits per heavy atom. The van der Waals surface area contributed by atoms with Crippen LogP contribution in [0.3, 0.4) is 0 Å². The Bertz CT molecular complexity index is 1060. The zero-order chi connectivity index (χ0) is 21.3. The van der Waals surface area contributed by atoms with Gasteiger partial charge in [-0.2, -0.15) is 13.2 Å². The summed E-state index contributed by atoms with van der Waals surface area (Å²) >= 11 is 0. The van der Waals surface area contributed by atoms with Gasteiger partial charge in [0.1, 0.15) is 11.4 Å². The van der Waals surface area contributed by atoms with Crippen molar-refractivity contribution < 1.29 is 23.4 Å². The summed E-state index contributed by atoms with van der Waals surface area (Å²) < 4.78 is 38.7. The van der Waals surface area contributed by atoms with Crippen LogP contribution in [-0.4, -0.2) is 38.0 Å². The van der Waals surface area contributed by atoms with E-state index in [1.165, 1.54) is 6.07 Å². The van der Waals surface area contributed by atoms with E-state index < -0.39 is 17.5 Å². The molecule has 30 heavy (non-hydrogen) atoms. The fourth-order valence-electron chi connectivity index (χ4n) is 3.89. The van der Waals surface area contributed by atoms with Gasteiger partial charge in [-0.1, -0.05) is 12.8 Å². The molecule has 3 aromatic rings. The molecule has 1 aromatic carbocycles. The molecule has 0 unspecified atom stereocenters. The number of pyridine rings is 1. The van der Waals surface area contributed by atoms with Crippen molar-refractivity contribution in [1.82, 2.24) is 15.2 Å². The number of alkyl halides is 3. The lowest BCUT2D eigenvalue weighted by atomic mass is 9.86. The molecule has 3 N–H and O–H groups in total. The second-order valence-electron chi connectivity index (χ2n) is 7.54. The molecule has 4 rings (SSSR count). The number of rotatable bonds is 4. The van der Waals surface area contributed by atoms with Gasteiger partial charge in [-0.25, -0.2) is 0 Å². The molecule has 2 aromatic heterocycles. The lowest BCUT2D eigenvalue weighted by molar-refractivity contribution is -0.137. The van der Waals surface area contributed by atoms with Crippen LogP contribution in [0, 0.1) is 5.92 Å². The third-order valence-corrected chi connectivity index (χ3v) is 5.56. The maximum atomic E-state index is 12.9. The first-order chi connectivity index (χ1) is 14.3. The average Bonchev–Trinajstić information content (AvgIpc) is 2.72. The number of nitrogens with zero attached hydrogens (tertiary/aromatic N) is 3. The fraction of sp³-hybridized carbons (Fsp3) is 0.381. The van der Waals surface area contributed by atoms with Gasteiger partial charge in [0.2, 0.25) is 0 Å². The largest absolute Gasteiger partial charge is 0.507 e. The van der Waals surface area contributed by atoms with E-state index in [2.05, 4.69) is 20.5 Å². The Hall–Kier alpha value is -2.94. The Morgan fingerprint density at radius 3 is 2.60 bits per heavy atom. The third-order valence-electron chi connectivity index (χ3n) is 5.56. The molecular weight excluding hydrogens is 397 g/mol. The van der Waals surface area contributed by atoms with Crippen LogP contribution >= 0.6 is 0 Å². The summed E-state index contributed by atoms with van der Waals surface area (Å²) in [7, 11) is 0. The summed E-state index contributed by atoms with van der Waals surface area (Å²) in [5.41, 5.74) is -0.519. The van der Waals surface area contributed by atoms with Crippen LogP contribution in [-0.2, 0) is 6.18 Å². The smallest absolute Gasteiger partial charge is 0.416 e. The number of aromatic hydroxyl groups is 1. The average molecular weight is 418 g/mol. The standard InChI is InChI=1S/C21H21F3N4O2/c22-21(23,24)13-5-6-15(18(30)9-13)19-14-7-8-25-11-16(14)20(28-27-19)26-10-12-3-1-2-4-17(12)29/h5-9,11-12,17,29-30H,1-4,10H2,(H,26,28)/t12-,17+/m0/s1. The van der Waals surface area contributed by atoms with Crippen molar-refractivity contribution >= 4 is 16.6 Å². The van der Waals surface area contributed by atoms with Crippen LogP contribution in [0.5, 0.6) is 5.75 Å². The van der Waals surface area contributed by atoms with Gasteiger partial charge in [-0.15, -0.1) is 10.2 Å². The lowest BCUT2D eigenvalue weighted by Gasteiger charge is -2.27. The Labute approximate surface area is 170 Å². The number of hydrogen-bond donors (Lipinski definition) is 3. The number of aromatic nitrogens is 3. The van der Waals surface area contributed by atoms with E-state index in [9.17, 15) is 23.4 Å². The fourth-order valence-corrected chi connectivity index (χ4v) is 3.89. The lowest BCUT2D eigenvalue weighted by Crippen LogP contribution is -2.30. The molecule has 2 atom stereocenters. The highest BCUT2D eigenvalue weighted by Crippen LogP contribution is 2.38. The summed E-state index contributed by atoms with van der Waals surface area (Å²) in [4.78, 5) is 4.12. The first-order valence-electron chi connectivity index (χ1n) is 9.77. The normalized spacial score (nSPS) is 19.7. The molecular formula is C21H21F3N4O2. The predicted octanol–water partition coefficient (Wildman–Crippen LogP) is 4.38. The molecule has 0 saturated heterocycles. The number of nitrogens with one attached hydrogen (secondary N) is 1. The minimum absolute atomic E-state index is 0.117. The summed E-state index contributed by atoms with van der Waals surface area (Å²) in [6.45, 7) is 0.532. The molecule has 1 saturated carbocycles. The first kappa shape index (κ1) is 20.3. The summed E-state index contributed by atoms with van der Waals surface area (Å²) in [5, 5.41) is 33.2. The van der Waals surface area contributed by atoms with Crippen molar-refractivity contribution in [1.29, 1.82) is 0 Å². The highest BCUT2D eigenvalue weighted by molar-refractivity contribution is 6.00. The topological polar surface area (TPSA) is 91.2 Å². The number of benzene rings is 1. The van der Waals surface area contributed by atoms with E-state index in [0.717, 1.165) is 31.7 Å². The number of anilines is 1. The molecule has 9 heteroatoms. The van der Waals surface area contributed by atoms with Gasteiger partial charge in [-0.3, -0.25) is 4.98 Å². The number of halogens is 3. The molecule has 158 valence electrons. The zero-order valence-electron chi connectivity index (χ0n) is 16.0. The second-order valence-corrected chi connectivity index (χ2v) is 7.54. The third kappa shape index (κ3) is 4.02. The van der Waals surface area contributed by atoms with E-state index >= 15 is 0 Å². The van der Waals surface area contributed by atoms with Crippen LogP contribution in [0.1, 0.15) is 31.2 Å². The minimum Gasteiger partial charge on any atom is -0.507 e. The number of aliphatic hydroxyl groups is 1. The first-order valence-corrected chi connectivity index (χ1v) is 9.77. The summed E-state index contributed by atoms with van der Waals surface area (Å²) in [6.07, 6.45) is 2.04.